The summed E-state index contributed by atoms with van der Waals surface area (Å²) in [7, 11) is -1.75. The van der Waals surface area contributed by atoms with Crippen molar-refractivity contribution < 1.29 is 19.2 Å². The predicted molar refractivity (Wildman–Crippen MR) is 134 cm³/mol. The number of hydrogen-bond acceptors (Lipinski definition) is 6. The number of anilines is 1. The van der Waals surface area contributed by atoms with Crippen molar-refractivity contribution in [1.29, 1.82) is 0 Å². The molecule has 0 aliphatic rings. The standard InChI is InChI=1S/C25H21BFN5O3/c1-13-20(16-7-3-8-17(23(28)33)21(16)30-13)25-31-22-18(9-4-10-19(22)26(34)35)24(32-25)29-12-14-5-2-6-15(27)11-14/h2-11,30,34-35H,12H2,1H3,(H2,28,33)(H,29,31,32). The Morgan fingerprint density at radius 2 is 1.83 bits per heavy atom. The van der Waals surface area contributed by atoms with Crippen molar-refractivity contribution in [2.75, 3.05) is 5.32 Å². The number of rotatable bonds is 6. The van der Waals surface area contributed by atoms with E-state index < -0.39 is 13.0 Å². The van der Waals surface area contributed by atoms with Gasteiger partial charge in [-0.3, -0.25) is 4.79 Å². The average molecular weight is 469 g/mol. The Hall–Kier alpha value is -4.28. The summed E-state index contributed by atoms with van der Waals surface area (Å²) in [6.45, 7) is 2.12. The number of para-hydroxylation sites is 2. The fourth-order valence-corrected chi connectivity index (χ4v) is 4.30. The summed E-state index contributed by atoms with van der Waals surface area (Å²) in [6, 6.07) is 16.4. The van der Waals surface area contributed by atoms with Gasteiger partial charge in [-0.2, -0.15) is 0 Å². The number of aromatic nitrogens is 3. The van der Waals surface area contributed by atoms with Gasteiger partial charge in [-0.25, -0.2) is 14.4 Å². The van der Waals surface area contributed by atoms with Crippen molar-refractivity contribution in [3.8, 4) is 11.4 Å². The zero-order valence-corrected chi connectivity index (χ0v) is 18.7. The van der Waals surface area contributed by atoms with Gasteiger partial charge in [-0.1, -0.05) is 36.4 Å². The second-order valence-electron chi connectivity index (χ2n) is 8.21. The normalized spacial score (nSPS) is 11.2. The Labute approximate surface area is 199 Å². The van der Waals surface area contributed by atoms with Crippen LogP contribution in [0, 0.1) is 12.7 Å². The summed E-state index contributed by atoms with van der Waals surface area (Å²) in [6.07, 6.45) is 0. The van der Waals surface area contributed by atoms with Crippen LogP contribution in [0.3, 0.4) is 0 Å². The highest BCUT2D eigenvalue weighted by molar-refractivity contribution is 6.61. The van der Waals surface area contributed by atoms with Gasteiger partial charge in [0, 0.05) is 34.0 Å². The van der Waals surface area contributed by atoms with E-state index >= 15 is 0 Å². The molecule has 0 atom stereocenters. The summed E-state index contributed by atoms with van der Waals surface area (Å²) in [4.78, 5) is 24.6. The molecule has 0 fully saturated rings. The number of carbonyl (C=O) groups excluding carboxylic acids is 1. The third-order valence-electron chi connectivity index (χ3n) is 5.90. The number of nitrogens with two attached hydrogens (primary N) is 1. The first-order valence-corrected chi connectivity index (χ1v) is 10.9. The third-order valence-corrected chi connectivity index (χ3v) is 5.90. The van der Waals surface area contributed by atoms with E-state index in [2.05, 4.69) is 15.3 Å². The van der Waals surface area contributed by atoms with Crippen molar-refractivity contribution in [2.45, 2.75) is 13.5 Å². The number of primary amides is 1. The van der Waals surface area contributed by atoms with Gasteiger partial charge >= 0.3 is 7.12 Å². The minimum absolute atomic E-state index is 0.218. The van der Waals surface area contributed by atoms with Gasteiger partial charge in [-0.15, -0.1) is 0 Å². The number of nitrogens with one attached hydrogen (secondary N) is 2. The number of amides is 1. The maximum atomic E-state index is 13.7. The number of hydrogen-bond donors (Lipinski definition) is 5. The lowest BCUT2D eigenvalue weighted by atomic mass is 9.79. The molecule has 0 saturated carbocycles. The first-order chi connectivity index (χ1) is 16.8. The fourth-order valence-electron chi connectivity index (χ4n) is 4.30. The van der Waals surface area contributed by atoms with E-state index in [4.69, 9.17) is 10.7 Å². The number of aryl methyl sites for hydroxylation is 1. The molecule has 0 unspecified atom stereocenters. The largest absolute Gasteiger partial charge is 0.490 e. The van der Waals surface area contributed by atoms with Crippen LogP contribution >= 0.6 is 0 Å². The van der Waals surface area contributed by atoms with E-state index in [0.29, 0.717) is 55.8 Å². The van der Waals surface area contributed by atoms with Crippen LogP contribution in [0.25, 0.3) is 33.2 Å². The molecule has 0 bridgehead atoms. The second kappa shape index (κ2) is 8.82. The molecule has 5 rings (SSSR count). The van der Waals surface area contributed by atoms with Gasteiger partial charge in [0.05, 0.1) is 16.6 Å². The maximum absolute atomic E-state index is 13.7. The highest BCUT2D eigenvalue weighted by Crippen LogP contribution is 2.34. The Kier molecular flexibility index (Phi) is 5.68. The molecule has 35 heavy (non-hydrogen) atoms. The first-order valence-electron chi connectivity index (χ1n) is 10.9. The number of aromatic amines is 1. The molecule has 10 heteroatoms. The summed E-state index contributed by atoms with van der Waals surface area (Å²) in [5, 5.41) is 24.5. The van der Waals surface area contributed by atoms with Crippen LogP contribution in [-0.4, -0.2) is 38.0 Å². The van der Waals surface area contributed by atoms with Crippen LogP contribution in [0.4, 0.5) is 10.2 Å². The fraction of sp³-hybridized carbons (Fsp3) is 0.0800. The molecular formula is C25H21BFN5O3. The maximum Gasteiger partial charge on any atom is 0.490 e. The number of fused-ring (bicyclic) bond motifs is 2. The minimum Gasteiger partial charge on any atom is -0.423 e. The predicted octanol–water partition coefficient (Wildman–Crippen LogP) is 2.62. The van der Waals surface area contributed by atoms with E-state index in [-0.39, 0.29) is 17.8 Å². The van der Waals surface area contributed by atoms with E-state index in [1.165, 1.54) is 12.1 Å². The molecule has 0 aliphatic heterocycles. The number of benzene rings is 3. The topological polar surface area (TPSA) is 137 Å². The van der Waals surface area contributed by atoms with Gasteiger partial charge in [0.2, 0.25) is 0 Å². The molecule has 0 spiro atoms. The van der Waals surface area contributed by atoms with Crippen LogP contribution in [-0.2, 0) is 6.54 Å². The van der Waals surface area contributed by atoms with Gasteiger partial charge in [0.1, 0.15) is 11.6 Å². The molecule has 6 N–H and O–H groups in total. The molecule has 3 aromatic carbocycles. The van der Waals surface area contributed by atoms with Crippen molar-refractivity contribution in [1.82, 2.24) is 15.0 Å². The monoisotopic (exact) mass is 469 g/mol. The second-order valence-corrected chi connectivity index (χ2v) is 8.21. The molecule has 2 aromatic heterocycles. The SMILES string of the molecule is Cc1[nH]c2c(C(N)=O)cccc2c1-c1nc(NCc2cccc(F)c2)c2cccc(B(O)O)c2n1. The van der Waals surface area contributed by atoms with Gasteiger partial charge < -0.3 is 26.1 Å². The zero-order valence-electron chi connectivity index (χ0n) is 18.7. The molecule has 0 aliphatic carbocycles. The van der Waals surface area contributed by atoms with Gasteiger partial charge in [-0.05, 0) is 36.8 Å². The third kappa shape index (κ3) is 4.09. The first kappa shape index (κ1) is 22.5. The molecule has 174 valence electrons. The lowest BCUT2D eigenvalue weighted by Gasteiger charge is -2.14. The van der Waals surface area contributed by atoms with Crippen LogP contribution in [0.1, 0.15) is 21.6 Å². The van der Waals surface area contributed by atoms with Crippen LogP contribution in [0.2, 0.25) is 0 Å². The van der Waals surface area contributed by atoms with Crippen molar-refractivity contribution in [3.63, 3.8) is 0 Å². The average Bonchev–Trinajstić information content (AvgIpc) is 3.17. The molecule has 0 saturated heterocycles. The summed E-state index contributed by atoms with van der Waals surface area (Å²) < 4.78 is 13.7. The van der Waals surface area contributed by atoms with E-state index in [9.17, 15) is 19.2 Å². The van der Waals surface area contributed by atoms with Crippen LogP contribution in [0.15, 0.2) is 60.7 Å². The molecule has 1 amide bonds. The highest BCUT2D eigenvalue weighted by atomic mass is 19.1. The Balaban J connectivity index is 1.72. The molecule has 5 aromatic rings. The quantitative estimate of drug-likeness (QED) is 0.243. The summed E-state index contributed by atoms with van der Waals surface area (Å²) >= 11 is 0. The number of H-pyrrole nitrogens is 1. The van der Waals surface area contributed by atoms with E-state index in [0.717, 1.165) is 0 Å². The van der Waals surface area contributed by atoms with Crippen molar-refractivity contribution in [3.05, 3.63) is 83.3 Å². The van der Waals surface area contributed by atoms with Crippen LogP contribution in [0.5, 0.6) is 0 Å². The molecule has 8 nitrogen and oxygen atoms in total. The van der Waals surface area contributed by atoms with Crippen molar-refractivity contribution in [2.24, 2.45) is 5.73 Å². The van der Waals surface area contributed by atoms with E-state index in [1.807, 2.05) is 13.0 Å². The van der Waals surface area contributed by atoms with Gasteiger partial charge in [0.15, 0.2) is 5.82 Å². The Bertz CT molecular complexity index is 1600. The lowest BCUT2D eigenvalue weighted by Crippen LogP contribution is -2.31. The number of carbonyl (C=O) groups is 1. The minimum atomic E-state index is -1.75. The number of nitrogens with zero attached hydrogens (tertiary/aromatic N) is 2. The Morgan fingerprint density at radius 3 is 2.57 bits per heavy atom. The van der Waals surface area contributed by atoms with Crippen LogP contribution < -0.4 is 16.5 Å². The number of halogens is 1. The summed E-state index contributed by atoms with van der Waals surface area (Å²) in [5.41, 5.74) is 9.12. The van der Waals surface area contributed by atoms with Crippen molar-refractivity contribution >= 4 is 46.1 Å². The Morgan fingerprint density at radius 1 is 1.09 bits per heavy atom. The summed E-state index contributed by atoms with van der Waals surface area (Å²) in [5.74, 6) is -0.150. The van der Waals surface area contributed by atoms with Gasteiger partial charge in [0.25, 0.3) is 5.91 Å². The highest BCUT2D eigenvalue weighted by Gasteiger charge is 2.22. The molecular weight excluding hydrogens is 448 g/mol. The molecule has 2 heterocycles. The van der Waals surface area contributed by atoms with E-state index in [1.54, 1.807) is 42.5 Å². The molecule has 0 radical (unpaired) electrons. The smallest absolute Gasteiger partial charge is 0.423 e. The zero-order chi connectivity index (χ0) is 24.7. The lowest BCUT2D eigenvalue weighted by molar-refractivity contribution is 0.100.